The number of rotatable bonds is 5. The molecule has 0 spiro atoms. The van der Waals surface area contributed by atoms with E-state index in [1.165, 1.54) is 20.0 Å². The van der Waals surface area contributed by atoms with E-state index in [9.17, 15) is 4.79 Å². The fraction of sp³-hybridized carbons (Fsp3) is 0.538. The lowest BCUT2D eigenvalue weighted by molar-refractivity contribution is -0.125. The second-order valence-electron chi connectivity index (χ2n) is 4.55. The van der Waals surface area contributed by atoms with Gasteiger partial charge in [0.05, 0.1) is 11.9 Å². The van der Waals surface area contributed by atoms with Gasteiger partial charge in [-0.05, 0) is 25.0 Å². The van der Waals surface area contributed by atoms with Crippen molar-refractivity contribution in [2.45, 2.75) is 18.9 Å². The Morgan fingerprint density at radius 3 is 2.79 bits per heavy atom. The van der Waals surface area contributed by atoms with Crippen LogP contribution in [0.1, 0.15) is 12.8 Å². The minimum absolute atomic E-state index is 0.154. The summed E-state index contributed by atoms with van der Waals surface area (Å²) in [6.45, 7) is 2.26. The van der Waals surface area contributed by atoms with Crippen molar-refractivity contribution in [3.63, 3.8) is 0 Å². The maximum Gasteiger partial charge on any atom is 0.254 e. The van der Waals surface area contributed by atoms with E-state index < -0.39 is 6.10 Å². The molecule has 2 rings (SSSR count). The molecular weight excluding hydrogens is 244 g/mol. The lowest BCUT2D eigenvalue weighted by atomic mass is 10.3. The highest BCUT2D eigenvalue weighted by atomic mass is 16.5. The minimum Gasteiger partial charge on any atom is -0.370 e. The predicted octanol–water partition coefficient (Wildman–Crippen LogP) is 0.594. The Labute approximate surface area is 112 Å². The Morgan fingerprint density at radius 2 is 2.26 bits per heavy atom. The molecular formula is C13H20N4O2. The van der Waals surface area contributed by atoms with Gasteiger partial charge in [0.15, 0.2) is 0 Å². The summed E-state index contributed by atoms with van der Waals surface area (Å²) in [6.07, 6.45) is 3.46. The average molecular weight is 264 g/mol. The van der Waals surface area contributed by atoms with Crippen molar-refractivity contribution in [3.8, 4) is 0 Å². The van der Waals surface area contributed by atoms with Gasteiger partial charge in [-0.3, -0.25) is 4.79 Å². The van der Waals surface area contributed by atoms with E-state index in [1.54, 1.807) is 6.20 Å². The molecule has 1 aliphatic heterocycles. The van der Waals surface area contributed by atoms with E-state index in [0.717, 1.165) is 18.9 Å². The van der Waals surface area contributed by atoms with Crippen LogP contribution < -0.4 is 16.0 Å². The highest BCUT2D eigenvalue weighted by Crippen LogP contribution is 2.19. The van der Waals surface area contributed by atoms with Crippen LogP contribution in [0, 0.1) is 0 Å². The monoisotopic (exact) mass is 264 g/mol. The third-order valence-corrected chi connectivity index (χ3v) is 3.24. The van der Waals surface area contributed by atoms with Gasteiger partial charge in [0.2, 0.25) is 0 Å². The zero-order chi connectivity index (χ0) is 13.7. The summed E-state index contributed by atoms with van der Waals surface area (Å²) < 4.78 is 4.97. The van der Waals surface area contributed by atoms with Gasteiger partial charge in [0.1, 0.15) is 11.9 Å². The summed E-state index contributed by atoms with van der Waals surface area (Å²) in [7, 11) is 1.46. The Balaban J connectivity index is 1.96. The molecule has 1 atom stereocenters. The zero-order valence-corrected chi connectivity index (χ0v) is 11.1. The van der Waals surface area contributed by atoms with E-state index in [2.05, 4.69) is 15.2 Å². The molecule has 6 nitrogen and oxygen atoms in total. The number of aromatic nitrogens is 1. The number of carbonyl (C=O) groups excluding carboxylic acids is 1. The molecule has 1 aromatic heterocycles. The number of nitrogens with two attached hydrogens (primary N) is 1. The SMILES string of the molecule is COC(CN)C(=O)Nc1ccc(N2CCCC2)nc1. The highest BCUT2D eigenvalue weighted by molar-refractivity contribution is 5.94. The molecule has 3 N–H and O–H groups in total. The Morgan fingerprint density at radius 1 is 1.53 bits per heavy atom. The molecule has 6 heteroatoms. The van der Waals surface area contributed by atoms with Crippen LogP contribution in [0.5, 0.6) is 0 Å². The van der Waals surface area contributed by atoms with Gasteiger partial charge in [-0.1, -0.05) is 0 Å². The number of nitrogens with zero attached hydrogens (tertiary/aromatic N) is 2. The molecule has 104 valence electrons. The van der Waals surface area contributed by atoms with Gasteiger partial charge in [0.25, 0.3) is 5.91 Å². The van der Waals surface area contributed by atoms with Crippen LogP contribution in [0.3, 0.4) is 0 Å². The number of carbonyl (C=O) groups is 1. The molecule has 2 heterocycles. The van der Waals surface area contributed by atoms with Crippen LogP contribution in [-0.2, 0) is 9.53 Å². The number of amides is 1. The maximum atomic E-state index is 11.8. The van der Waals surface area contributed by atoms with Crippen LogP contribution in [0.4, 0.5) is 11.5 Å². The average Bonchev–Trinajstić information content (AvgIpc) is 2.95. The molecule has 0 aliphatic carbocycles. The summed E-state index contributed by atoms with van der Waals surface area (Å²) in [5.41, 5.74) is 6.09. The third-order valence-electron chi connectivity index (χ3n) is 3.24. The molecule has 0 bridgehead atoms. The van der Waals surface area contributed by atoms with Crippen LogP contribution in [0.15, 0.2) is 18.3 Å². The first-order valence-corrected chi connectivity index (χ1v) is 6.49. The summed E-state index contributed by atoms with van der Waals surface area (Å²) in [4.78, 5) is 18.4. The van der Waals surface area contributed by atoms with Gasteiger partial charge < -0.3 is 20.7 Å². The van der Waals surface area contributed by atoms with Crippen LogP contribution in [0.25, 0.3) is 0 Å². The van der Waals surface area contributed by atoms with Crippen molar-refractivity contribution < 1.29 is 9.53 Å². The van der Waals surface area contributed by atoms with Crippen molar-refractivity contribution in [1.29, 1.82) is 0 Å². The van der Waals surface area contributed by atoms with Gasteiger partial charge in [0, 0.05) is 26.7 Å². The van der Waals surface area contributed by atoms with E-state index in [4.69, 9.17) is 10.5 Å². The first-order valence-electron chi connectivity index (χ1n) is 6.49. The quantitative estimate of drug-likeness (QED) is 0.813. The molecule has 19 heavy (non-hydrogen) atoms. The van der Waals surface area contributed by atoms with Gasteiger partial charge in [-0.15, -0.1) is 0 Å². The molecule has 1 saturated heterocycles. The summed E-state index contributed by atoms with van der Waals surface area (Å²) in [5.74, 6) is 0.707. The molecule has 0 radical (unpaired) electrons. The number of anilines is 2. The fourth-order valence-corrected chi connectivity index (χ4v) is 2.13. The normalized spacial score (nSPS) is 16.4. The first-order chi connectivity index (χ1) is 9.24. The van der Waals surface area contributed by atoms with Crippen molar-refractivity contribution >= 4 is 17.4 Å². The number of methoxy groups -OCH3 is 1. The summed E-state index contributed by atoms with van der Waals surface area (Å²) in [5, 5.41) is 2.74. The zero-order valence-electron chi connectivity index (χ0n) is 11.1. The fourth-order valence-electron chi connectivity index (χ4n) is 2.13. The number of hydrogen-bond donors (Lipinski definition) is 2. The topological polar surface area (TPSA) is 80.5 Å². The highest BCUT2D eigenvalue weighted by Gasteiger charge is 2.16. The summed E-state index contributed by atoms with van der Waals surface area (Å²) in [6, 6.07) is 3.77. The number of pyridine rings is 1. The number of ether oxygens (including phenoxy) is 1. The van der Waals surface area contributed by atoms with Crippen molar-refractivity contribution in [2.75, 3.05) is 37.0 Å². The van der Waals surface area contributed by atoms with Crippen molar-refractivity contribution in [3.05, 3.63) is 18.3 Å². The first kappa shape index (κ1) is 13.8. The Kier molecular flexibility index (Phi) is 4.70. The van der Waals surface area contributed by atoms with E-state index in [-0.39, 0.29) is 12.5 Å². The van der Waals surface area contributed by atoms with E-state index in [0.29, 0.717) is 5.69 Å². The van der Waals surface area contributed by atoms with E-state index >= 15 is 0 Å². The Bertz CT molecular complexity index is 411. The molecule has 1 aliphatic rings. The lowest BCUT2D eigenvalue weighted by Crippen LogP contribution is -2.35. The summed E-state index contributed by atoms with van der Waals surface area (Å²) >= 11 is 0. The third kappa shape index (κ3) is 3.42. The van der Waals surface area contributed by atoms with E-state index in [1.807, 2.05) is 12.1 Å². The molecule has 1 aromatic rings. The molecule has 1 fully saturated rings. The largest absolute Gasteiger partial charge is 0.370 e. The predicted molar refractivity (Wildman–Crippen MR) is 74.2 cm³/mol. The van der Waals surface area contributed by atoms with Gasteiger partial charge in [-0.2, -0.15) is 0 Å². The molecule has 0 saturated carbocycles. The number of hydrogen-bond acceptors (Lipinski definition) is 5. The standard InChI is InChI=1S/C13H20N4O2/c1-19-11(8-14)13(18)16-10-4-5-12(15-9-10)17-6-2-3-7-17/h4-5,9,11H,2-3,6-8,14H2,1H3,(H,16,18). The smallest absolute Gasteiger partial charge is 0.254 e. The van der Waals surface area contributed by atoms with Crippen molar-refractivity contribution in [1.82, 2.24) is 4.98 Å². The maximum absolute atomic E-state index is 11.8. The van der Waals surface area contributed by atoms with Crippen molar-refractivity contribution in [2.24, 2.45) is 5.73 Å². The number of nitrogens with one attached hydrogen (secondary N) is 1. The van der Waals surface area contributed by atoms with Gasteiger partial charge >= 0.3 is 0 Å². The molecule has 1 amide bonds. The van der Waals surface area contributed by atoms with Crippen LogP contribution in [-0.4, -0.2) is 43.7 Å². The Hall–Kier alpha value is -1.66. The lowest BCUT2D eigenvalue weighted by Gasteiger charge is -2.17. The van der Waals surface area contributed by atoms with Gasteiger partial charge in [-0.25, -0.2) is 4.98 Å². The minimum atomic E-state index is -0.627. The molecule has 0 aromatic carbocycles. The second-order valence-corrected chi connectivity index (χ2v) is 4.55. The second kappa shape index (κ2) is 6.49. The van der Waals surface area contributed by atoms with Crippen LogP contribution in [0.2, 0.25) is 0 Å². The van der Waals surface area contributed by atoms with Crippen LogP contribution >= 0.6 is 0 Å². The molecule has 1 unspecified atom stereocenters.